The number of hydrogen-bond donors (Lipinski definition) is 0. The van der Waals surface area contributed by atoms with Crippen molar-refractivity contribution in [3.8, 4) is 0 Å². The summed E-state index contributed by atoms with van der Waals surface area (Å²) in [5, 5.41) is 0. The van der Waals surface area contributed by atoms with Crippen LogP contribution in [0, 0.1) is 5.92 Å². The van der Waals surface area contributed by atoms with Crippen LogP contribution in [0.25, 0.3) is 0 Å². The minimum absolute atomic E-state index is 0.156. The molecule has 7 nitrogen and oxygen atoms in total. The van der Waals surface area contributed by atoms with E-state index < -0.39 is 0 Å². The second-order valence-corrected chi connectivity index (χ2v) is 8.53. The molecule has 168 valence electrons. The van der Waals surface area contributed by atoms with Crippen molar-refractivity contribution in [2.75, 3.05) is 85.6 Å². The van der Waals surface area contributed by atoms with Crippen molar-refractivity contribution in [2.45, 2.75) is 40.0 Å². The maximum absolute atomic E-state index is 12.6. The van der Waals surface area contributed by atoms with Gasteiger partial charge >= 0.3 is 0 Å². The van der Waals surface area contributed by atoms with Crippen molar-refractivity contribution >= 4 is 11.8 Å². The van der Waals surface area contributed by atoms with Gasteiger partial charge in [-0.25, -0.2) is 0 Å². The largest absolute Gasteiger partial charge is 0.340 e. The molecule has 29 heavy (non-hydrogen) atoms. The smallest absolute Gasteiger partial charge is 0.223 e. The minimum Gasteiger partial charge on any atom is -0.340 e. The maximum Gasteiger partial charge on any atom is 0.223 e. The SMILES string of the molecule is CC.CC(=O)N1CCN(CCC(=O)N2CCN(CC3CCN(C)CC3)CC2)CC1. The number of amides is 2. The zero-order chi connectivity index (χ0) is 21.2. The summed E-state index contributed by atoms with van der Waals surface area (Å²) in [6.45, 7) is 17.3. The summed E-state index contributed by atoms with van der Waals surface area (Å²) in [7, 11) is 2.21. The van der Waals surface area contributed by atoms with Crippen LogP contribution in [-0.2, 0) is 9.59 Å². The van der Waals surface area contributed by atoms with Crippen LogP contribution in [0.5, 0.6) is 0 Å². The molecule has 7 heteroatoms. The molecule has 3 saturated heterocycles. The van der Waals surface area contributed by atoms with E-state index in [1.54, 1.807) is 6.92 Å². The maximum atomic E-state index is 12.6. The molecule has 0 atom stereocenters. The Morgan fingerprint density at radius 2 is 1.28 bits per heavy atom. The fraction of sp³-hybridized carbons (Fsp3) is 0.909. The van der Waals surface area contributed by atoms with Crippen molar-refractivity contribution in [2.24, 2.45) is 5.92 Å². The molecule has 0 unspecified atom stereocenters. The summed E-state index contributed by atoms with van der Waals surface area (Å²) in [5.41, 5.74) is 0. The van der Waals surface area contributed by atoms with Gasteiger partial charge < -0.3 is 14.7 Å². The number of piperidine rings is 1. The van der Waals surface area contributed by atoms with Crippen molar-refractivity contribution in [3.63, 3.8) is 0 Å². The van der Waals surface area contributed by atoms with E-state index in [-0.39, 0.29) is 5.91 Å². The van der Waals surface area contributed by atoms with Gasteiger partial charge in [-0.3, -0.25) is 19.4 Å². The third kappa shape index (κ3) is 7.87. The van der Waals surface area contributed by atoms with E-state index in [1.807, 2.05) is 18.7 Å². The lowest BCUT2D eigenvalue weighted by Crippen LogP contribution is -2.51. The minimum atomic E-state index is 0.156. The lowest BCUT2D eigenvalue weighted by Gasteiger charge is -2.39. The number of rotatable bonds is 5. The number of carbonyl (C=O) groups is 2. The van der Waals surface area contributed by atoms with Crippen molar-refractivity contribution in [3.05, 3.63) is 0 Å². The summed E-state index contributed by atoms with van der Waals surface area (Å²) in [5.74, 6) is 1.28. The standard InChI is InChI=1S/C20H37N5O2.C2H6/c1-18(26)24-13-9-22(10-14-24)8-5-20(27)25-15-11-23(12-16-25)17-19-3-6-21(2)7-4-19;1-2/h19H,3-17H2,1-2H3;1-2H3. The number of likely N-dealkylation sites (tertiary alicyclic amines) is 1. The molecule has 0 N–H and O–H groups in total. The molecule has 0 bridgehead atoms. The molecule has 3 aliphatic heterocycles. The number of piperazine rings is 2. The van der Waals surface area contributed by atoms with Gasteiger partial charge in [0.2, 0.25) is 11.8 Å². The third-order valence-electron chi connectivity index (χ3n) is 6.54. The van der Waals surface area contributed by atoms with E-state index in [9.17, 15) is 9.59 Å². The normalized spacial score (nSPS) is 22.9. The van der Waals surface area contributed by atoms with Gasteiger partial charge in [-0.1, -0.05) is 13.8 Å². The van der Waals surface area contributed by atoms with Gasteiger partial charge in [0.1, 0.15) is 0 Å². The molecule has 0 radical (unpaired) electrons. The lowest BCUT2D eigenvalue weighted by atomic mass is 9.96. The summed E-state index contributed by atoms with van der Waals surface area (Å²) < 4.78 is 0. The van der Waals surface area contributed by atoms with Gasteiger partial charge in [0.15, 0.2) is 0 Å². The quantitative estimate of drug-likeness (QED) is 0.679. The number of carbonyl (C=O) groups excluding carboxylic acids is 2. The summed E-state index contributed by atoms with van der Waals surface area (Å²) >= 11 is 0. The van der Waals surface area contributed by atoms with Crippen LogP contribution in [-0.4, -0.2) is 122 Å². The predicted octanol–water partition coefficient (Wildman–Crippen LogP) is 1.05. The fourth-order valence-corrected chi connectivity index (χ4v) is 4.49. The molecule has 0 aliphatic carbocycles. The Morgan fingerprint density at radius 3 is 1.83 bits per heavy atom. The highest BCUT2D eigenvalue weighted by Crippen LogP contribution is 2.18. The molecular weight excluding hydrogens is 366 g/mol. The molecule has 2 amide bonds. The lowest BCUT2D eigenvalue weighted by molar-refractivity contribution is -0.134. The van der Waals surface area contributed by atoms with Crippen molar-refractivity contribution in [1.82, 2.24) is 24.5 Å². The topological polar surface area (TPSA) is 50.3 Å². The van der Waals surface area contributed by atoms with E-state index in [0.29, 0.717) is 12.3 Å². The highest BCUT2D eigenvalue weighted by molar-refractivity contribution is 5.76. The molecule has 0 spiro atoms. The molecule has 3 fully saturated rings. The second kappa shape index (κ2) is 12.5. The molecular formula is C22H43N5O2. The Bertz CT molecular complexity index is 491. The summed E-state index contributed by atoms with van der Waals surface area (Å²) in [6.07, 6.45) is 3.23. The first-order valence-corrected chi connectivity index (χ1v) is 11.7. The zero-order valence-electron chi connectivity index (χ0n) is 19.2. The first-order chi connectivity index (χ1) is 14.0. The van der Waals surface area contributed by atoms with Crippen LogP contribution < -0.4 is 0 Å². The van der Waals surface area contributed by atoms with Gasteiger partial charge in [-0.15, -0.1) is 0 Å². The van der Waals surface area contributed by atoms with Crippen LogP contribution in [0.3, 0.4) is 0 Å². The first kappa shape index (κ1) is 24.1. The van der Waals surface area contributed by atoms with E-state index in [2.05, 4.69) is 26.6 Å². The van der Waals surface area contributed by atoms with Gasteiger partial charge in [-0.2, -0.15) is 0 Å². The van der Waals surface area contributed by atoms with Gasteiger partial charge in [-0.05, 0) is 38.9 Å². The van der Waals surface area contributed by atoms with Crippen molar-refractivity contribution < 1.29 is 9.59 Å². The Hall–Kier alpha value is -1.18. The molecule has 0 saturated carbocycles. The van der Waals surface area contributed by atoms with Crippen LogP contribution in [0.1, 0.15) is 40.0 Å². The number of hydrogen-bond acceptors (Lipinski definition) is 5. The Balaban J connectivity index is 0.00000145. The zero-order valence-corrected chi connectivity index (χ0v) is 19.2. The highest BCUT2D eigenvalue weighted by Gasteiger charge is 2.25. The summed E-state index contributed by atoms with van der Waals surface area (Å²) in [4.78, 5) is 35.2. The van der Waals surface area contributed by atoms with E-state index in [1.165, 1.54) is 32.5 Å². The van der Waals surface area contributed by atoms with E-state index >= 15 is 0 Å². The average molecular weight is 410 g/mol. The first-order valence-electron chi connectivity index (χ1n) is 11.7. The van der Waals surface area contributed by atoms with Crippen LogP contribution in [0.4, 0.5) is 0 Å². The van der Waals surface area contributed by atoms with Gasteiger partial charge in [0, 0.05) is 78.8 Å². The molecule has 3 rings (SSSR count). The number of nitrogens with zero attached hydrogens (tertiary/aromatic N) is 5. The monoisotopic (exact) mass is 409 g/mol. The average Bonchev–Trinajstić information content (AvgIpc) is 2.76. The van der Waals surface area contributed by atoms with Crippen LogP contribution in [0.15, 0.2) is 0 Å². The Labute approximate surface area is 178 Å². The molecule has 3 aliphatic rings. The highest BCUT2D eigenvalue weighted by atomic mass is 16.2. The summed E-state index contributed by atoms with van der Waals surface area (Å²) in [6, 6.07) is 0. The molecule has 0 aromatic rings. The fourth-order valence-electron chi connectivity index (χ4n) is 4.49. The van der Waals surface area contributed by atoms with Crippen LogP contribution >= 0.6 is 0 Å². The Kier molecular flexibility index (Phi) is 10.4. The Morgan fingerprint density at radius 1 is 0.759 bits per heavy atom. The van der Waals surface area contributed by atoms with E-state index in [0.717, 1.165) is 64.8 Å². The molecule has 0 aromatic carbocycles. The van der Waals surface area contributed by atoms with E-state index in [4.69, 9.17) is 0 Å². The third-order valence-corrected chi connectivity index (χ3v) is 6.54. The van der Waals surface area contributed by atoms with Crippen molar-refractivity contribution in [1.29, 1.82) is 0 Å². The van der Waals surface area contributed by atoms with Crippen LogP contribution in [0.2, 0.25) is 0 Å². The second-order valence-electron chi connectivity index (χ2n) is 8.53. The van der Waals surface area contributed by atoms with Gasteiger partial charge in [0.25, 0.3) is 0 Å². The molecule has 0 aromatic heterocycles. The van der Waals surface area contributed by atoms with Gasteiger partial charge in [0.05, 0.1) is 0 Å². The predicted molar refractivity (Wildman–Crippen MR) is 118 cm³/mol. The molecule has 3 heterocycles.